The standard InChI is InChI=1S/C10H9ClN2O/c1-6-4-3-5-13-8(6)9(11)12-10(13)7(2)14/h3-5H,1-2H3. The molecule has 0 saturated carbocycles. The number of imidazole rings is 1. The fourth-order valence-electron chi connectivity index (χ4n) is 1.50. The summed E-state index contributed by atoms with van der Waals surface area (Å²) in [5.41, 5.74) is 1.82. The van der Waals surface area contributed by atoms with E-state index in [1.165, 1.54) is 6.92 Å². The van der Waals surface area contributed by atoms with Crippen molar-refractivity contribution in [3.8, 4) is 0 Å². The van der Waals surface area contributed by atoms with Gasteiger partial charge < -0.3 is 0 Å². The molecule has 0 aliphatic rings. The Kier molecular flexibility index (Phi) is 2.04. The number of aryl methyl sites for hydroxylation is 1. The quantitative estimate of drug-likeness (QED) is 0.675. The second-order valence-electron chi connectivity index (χ2n) is 3.19. The number of nitrogens with zero attached hydrogens (tertiary/aromatic N) is 2. The predicted molar refractivity (Wildman–Crippen MR) is 54.9 cm³/mol. The molecule has 0 unspecified atom stereocenters. The van der Waals surface area contributed by atoms with Crippen molar-refractivity contribution in [2.24, 2.45) is 0 Å². The Labute approximate surface area is 86.3 Å². The first-order valence-electron chi connectivity index (χ1n) is 4.25. The second kappa shape index (κ2) is 3.10. The number of halogens is 1. The van der Waals surface area contributed by atoms with E-state index >= 15 is 0 Å². The Morgan fingerprint density at radius 1 is 1.57 bits per heavy atom. The number of hydrogen-bond acceptors (Lipinski definition) is 2. The molecule has 14 heavy (non-hydrogen) atoms. The van der Waals surface area contributed by atoms with Crippen molar-refractivity contribution in [1.82, 2.24) is 9.38 Å². The smallest absolute Gasteiger partial charge is 0.195 e. The zero-order valence-corrected chi connectivity index (χ0v) is 8.67. The number of ketones is 1. The molecule has 0 saturated heterocycles. The lowest BCUT2D eigenvalue weighted by Crippen LogP contribution is -2.00. The van der Waals surface area contributed by atoms with E-state index in [1.807, 2.05) is 19.1 Å². The first kappa shape index (κ1) is 9.21. The lowest BCUT2D eigenvalue weighted by atomic mass is 10.2. The van der Waals surface area contributed by atoms with Crippen LogP contribution >= 0.6 is 11.6 Å². The minimum Gasteiger partial charge on any atom is -0.295 e. The van der Waals surface area contributed by atoms with Crippen molar-refractivity contribution in [2.75, 3.05) is 0 Å². The van der Waals surface area contributed by atoms with Gasteiger partial charge in [-0.1, -0.05) is 17.7 Å². The fourth-order valence-corrected chi connectivity index (χ4v) is 1.82. The van der Waals surface area contributed by atoms with Gasteiger partial charge in [0.1, 0.15) is 0 Å². The van der Waals surface area contributed by atoms with Crippen LogP contribution in [0.3, 0.4) is 0 Å². The first-order chi connectivity index (χ1) is 6.61. The Balaban J connectivity index is 2.91. The third kappa shape index (κ3) is 1.21. The van der Waals surface area contributed by atoms with E-state index in [0.29, 0.717) is 11.0 Å². The molecule has 0 aromatic carbocycles. The monoisotopic (exact) mass is 208 g/mol. The Bertz CT molecular complexity index is 516. The van der Waals surface area contributed by atoms with E-state index in [9.17, 15) is 4.79 Å². The zero-order chi connectivity index (χ0) is 10.3. The number of carbonyl (C=O) groups is 1. The van der Waals surface area contributed by atoms with Gasteiger partial charge in [0.05, 0.1) is 5.52 Å². The first-order valence-corrected chi connectivity index (χ1v) is 4.63. The van der Waals surface area contributed by atoms with Crippen molar-refractivity contribution in [3.63, 3.8) is 0 Å². The molecule has 3 nitrogen and oxygen atoms in total. The van der Waals surface area contributed by atoms with Crippen LogP contribution in [0.1, 0.15) is 23.1 Å². The van der Waals surface area contributed by atoms with Crippen LogP contribution in [-0.2, 0) is 0 Å². The fraction of sp³-hybridized carbons (Fsp3) is 0.200. The number of carbonyl (C=O) groups excluding carboxylic acids is 1. The molecule has 0 fully saturated rings. The maximum atomic E-state index is 11.2. The predicted octanol–water partition coefficient (Wildman–Crippen LogP) is 2.50. The Morgan fingerprint density at radius 2 is 2.29 bits per heavy atom. The third-order valence-electron chi connectivity index (χ3n) is 2.14. The van der Waals surface area contributed by atoms with Gasteiger partial charge in [0.25, 0.3) is 0 Å². The Morgan fingerprint density at radius 3 is 2.93 bits per heavy atom. The zero-order valence-electron chi connectivity index (χ0n) is 7.91. The van der Waals surface area contributed by atoms with Crippen LogP contribution in [0.4, 0.5) is 0 Å². The molecule has 0 radical (unpaired) electrons. The van der Waals surface area contributed by atoms with Crippen LogP contribution in [0.5, 0.6) is 0 Å². The number of Topliss-reactive ketones (excluding diaryl/α,β-unsaturated/α-hetero) is 1. The molecule has 0 spiro atoms. The summed E-state index contributed by atoms with van der Waals surface area (Å²) in [6.45, 7) is 3.42. The second-order valence-corrected chi connectivity index (χ2v) is 3.55. The summed E-state index contributed by atoms with van der Waals surface area (Å²) in [4.78, 5) is 15.3. The molecule has 2 aromatic rings. The highest BCUT2D eigenvalue weighted by Crippen LogP contribution is 2.21. The lowest BCUT2D eigenvalue weighted by Gasteiger charge is -1.99. The highest BCUT2D eigenvalue weighted by molar-refractivity contribution is 6.33. The molecule has 0 N–H and O–H groups in total. The average molecular weight is 209 g/mol. The summed E-state index contributed by atoms with van der Waals surface area (Å²) in [7, 11) is 0. The number of pyridine rings is 1. The molecule has 2 aromatic heterocycles. The molecule has 4 heteroatoms. The molecular weight excluding hydrogens is 200 g/mol. The molecule has 0 aliphatic carbocycles. The number of fused-ring (bicyclic) bond motifs is 1. The summed E-state index contributed by atoms with van der Waals surface area (Å²) in [5, 5.41) is 0.383. The van der Waals surface area contributed by atoms with Gasteiger partial charge in [0.15, 0.2) is 16.8 Å². The van der Waals surface area contributed by atoms with Gasteiger partial charge in [-0.3, -0.25) is 9.20 Å². The molecule has 2 rings (SSSR count). The van der Waals surface area contributed by atoms with Gasteiger partial charge >= 0.3 is 0 Å². The molecule has 0 amide bonds. The summed E-state index contributed by atoms with van der Waals surface area (Å²) >= 11 is 5.94. The number of rotatable bonds is 1. The maximum Gasteiger partial charge on any atom is 0.195 e. The van der Waals surface area contributed by atoms with Crippen LogP contribution in [-0.4, -0.2) is 15.2 Å². The maximum absolute atomic E-state index is 11.2. The van der Waals surface area contributed by atoms with Crippen LogP contribution in [0.25, 0.3) is 5.52 Å². The van der Waals surface area contributed by atoms with Crippen molar-refractivity contribution in [2.45, 2.75) is 13.8 Å². The molecule has 2 heterocycles. The summed E-state index contributed by atoms with van der Waals surface area (Å²) in [5.74, 6) is 0.297. The van der Waals surface area contributed by atoms with Gasteiger partial charge in [-0.25, -0.2) is 4.98 Å². The van der Waals surface area contributed by atoms with Crippen molar-refractivity contribution in [3.05, 3.63) is 34.9 Å². The van der Waals surface area contributed by atoms with Crippen molar-refractivity contribution in [1.29, 1.82) is 0 Å². The van der Waals surface area contributed by atoms with E-state index in [4.69, 9.17) is 11.6 Å². The summed E-state index contributed by atoms with van der Waals surface area (Å²) < 4.78 is 1.72. The lowest BCUT2D eigenvalue weighted by molar-refractivity contribution is 0.100. The molecular formula is C10H9ClN2O. The van der Waals surface area contributed by atoms with E-state index < -0.39 is 0 Å². The van der Waals surface area contributed by atoms with Gasteiger partial charge in [-0.15, -0.1) is 0 Å². The highest BCUT2D eigenvalue weighted by atomic mass is 35.5. The Hall–Kier alpha value is -1.35. The minimum absolute atomic E-state index is 0.0856. The minimum atomic E-state index is -0.0856. The van der Waals surface area contributed by atoms with E-state index in [1.54, 1.807) is 10.6 Å². The van der Waals surface area contributed by atoms with Gasteiger partial charge in [-0.05, 0) is 18.6 Å². The number of aromatic nitrogens is 2. The molecule has 0 atom stereocenters. The van der Waals surface area contributed by atoms with Gasteiger partial charge in [-0.2, -0.15) is 0 Å². The van der Waals surface area contributed by atoms with Crippen LogP contribution in [0.2, 0.25) is 5.15 Å². The normalized spacial score (nSPS) is 10.8. The largest absolute Gasteiger partial charge is 0.295 e. The number of hydrogen-bond donors (Lipinski definition) is 0. The van der Waals surface area contributed by atoms with Gasteiger partial charge in [0.2, 0.25) is 0 Å². The SMILES string of the molecule is CC(=O)c1nc(Cl)c2c(C)cccn12. The van der Waals surface area contributed by atoms with Crippen molar-refractivity contribution < 1.29 is 4.79 Å². The van der Waals surface area contributed by atoms with E-state index in [-0.39, 0.29) is 5.78 Å². The van der Waals surface area contributed by atoms with Crippen molar-refractivity contribution >= 4 is 22.9 Å². The summed E-state index contributed by atoms with van der Waals surface area (Å²) in [6, 6.07) is 3.81. The summed E-state index contributed by atoms with van der Waals surface area (Å²) in [6.07, 6.45) is 1.79. The average Bonchev–Trinajstić information content (AvgIpc) is 2.45. The molecule has 0 bridgehead atoms. The third-order valence-corrected chi connectivity index (χ3v) is 2.40. The van der Waals surface area contributed by atoms with E-state index in [2.05, 4.69) is 4.98 Å². The van der Waals surface area contributed by atoms with Gasteiger partial charge in [0, 0.05) is 13.1 Å². The van der Waals surface area contributed by atoms with Crippen LogP contribution in [0, 0.1) is 6.92 Å². The topological polar surface area (TPSA) is 34.4 Å². The van der Waals surface area contributed by atoms with Crippen LogP contribution in [0.15, 0.2) is 18.3 Å². The van der Waals surface area contributed by atoms with Crippen LogP contribution < -0.4 is 0 Å². The highest BCUT2D eigenvalue weighted by Gasteiger charge is 2.13. The molecule has 72 valence electrons. The van der Waals surface area contributed by atoms with E-state index in [0.717, 1.165) is 11.1 Å². The molecule has 0 aliphatic heterocycles.